The molecule has 2 heteroatoms. The van der Waals surface area contributed by atoms with Gasteiger partial charge in [-0.05, 0) is 19.3 Å². The molecule has 2 N–H and O–H groups in total. The molecule has 2 rings (SSSR count). The van der Waals surface area contributed by atoms with Gasteiger partial charge < -0.3 is 10.5 Å². The maximum atomic E-state index is 6.13. The van der Waals surface area contributed by atoms with E-state index in [1.807, 2.05) is 0 Å². The first-order valence-electron chi connectivity index (χ1n) is 6.02. The van der Waals surface area contributed by atoms with Crippen LogP contribution in [0.5, 0.6) is 0 Å². The van der Waals surface area contributed by atoms with Crippen molar-refractivity contribution in [1.29, 1.82) is 0 Å². The molecule has 0 aliphatic heterocycles. The van der Waals surface area contributed by atoms with Crippen LogP contribution in [0, 0.1) is 5.41 Å². The molecule has 82 valence electrons. The van der Waals surface area contributed by atoms with Gasteiger partial charge in [-0.1, -0.05) is 33.1 Å². The van der Waals surface area contributed by atoms with E-state index in [1.54, 1.807) is 0 Å². The van der Waals surface area contributed by atoms with E-state index in [1.165, 1.54) is 32.1 Å². The molecule has 2 aliphatic rings. The predicted octanol–water partition coefficient (Wildman–Crippen LogP) is 2.46. The van der Waals surface area contributed by atoms with Crippen LogP contribution in [0.3, 0.4) is 0 Å². The minimum absolute atomic E-state index is 0.206. The van der Waals surface area contributed by atoms with E-state index >= 15 is 0 Å². The summed E-state index contributed by atoms with van der Waals surface area (Å²) in [5, 5.41) is 0. The van der Waals surface area contributed by atoms with E-state index in [2.05, 4.69) is 13.8 Å². The van der Waals surface area contributed by atoms with Crippen molar-refractivity contribution in [3.8, 4) is 0 Å². The summed E-state index contributed by atoms with van der Waals surface area (Å²) in [6.45, 7) is 4.46. The summed E-state index contributed by atoms with van der Waals surface area (Å²) in [5.41, 5.74) is 6.18. The summed E-state index contributed by atoms with van der Waals surface area (Å²) in [6, 6.07) is 0.344. The molecule has 0 heterocycles. The third-order valence-corrected chi connectivity index (χ3v) is 4.16. The molecule has 2 saturated carbocycles. The molecule has 0 radical (unpaired) electrons. The molecule has 2 unspecified atom stereocenters. The number of hydrogen-bond donors (Lipinski definition) is 1. The third kappa shape index (κ3) is 1.82. The highest BCUT2D eigenvalue weighted by Crippen LogP contribution is 2.42. The van der Waals surface area contributed by atoms with Crippen molar-refractivity contribution in [3.05, 3.63) is 0 Å². The molecule has 2 nitrogen and oxygen atoms in total. The fourth-order valence-electron chi connectivity index (χ4n) is 2.58. The fraction of sp³-hybridized carbons (Fsp3) is 1.00. The van der Waals surface area contributed by atoms with Crippen LogP contribution < -0.4 is 5.73 Å². The largest absolute Gasteiger partial charge is 0.374 e. The summed E-state index contributed by atoms with van der Waals surface area (Å²) >= 11 is 0. The first-order valence-corrected chi connectivity index (χ1v) is 6.02. The summed E-state index contributed by atoms with van der Waals surface area (Å²) in [5.74, 6) is 0. The van der Waals surface area contributed by atoms with Crippen molar-refractivity contribution < 1.29 is 4.74 Å². The Morgan fingerprint density at radius 1 is 1.14 bits per heavy atom. The van der Waals surface area contributed by atoms with E-state index in [0.717, 1.165) is 6.42 Å². The van der Waals surface area contributed by atoms with Crippen LogP contribution in [0.1, 0.15) is 52.4 Å². The zero-order valence-electron chi connectivity index (χ0n) is 9.46. The number of nitrogens with two attached hydrogens (primary N) is 1. The standard InChI is InChI=1S/C12H23NO/c1-12(2)10(13)8-11(12)14-9-6-4-3-5-7-9/h9-11H,3-8,13H2,1-2H3. The second-order valence-electron chi connectivity index (χ2n) is 5.55. The fourth-order valence-corrected chi connectivity index (χ4v) is 2.58. The van der Waals surface area contributed by atoms with Gasteiger partial charge >= 0.3 is 0 Å². The average Bonchev–Trinajstić information content (AvgIpc) is 2.19. The van der Waals surface area contributed by atoms with Gasteiger partial charge in [0.05, 0.1) is 12.2 Å². The Kier molecular flexibility index (Phi) is 2.85. The lowest BCUT2D eigenvalue weighted by atomic mass is 9.65. The molecular weight excluding hydrogens is 174 g/mol. The first-order chi connectivity index (χ1) is 6.60. The monoisotopic (exact) mass is 197 g/mol. The van der Waals surface area contributed by atoms with Crippen molar-refractivity contribution >= 4 is 0 Å². The maximum absolute atomic E-state index is 6.13. The molecule has 2 fully saturated rings. The van der Waals surface area contributed by atoms with Gasteiger partial charge in [-0.3, -0.25) is 0 Å². The zero-order valence-corrected chi connectivity index (χ0v) is 9.46. The number of rotatable bonds is 2. The molecule has 0 amide bonds. The van der Waals surface area contributed by atoms with Gasteiger partial charge in [0.15, 0.2) is 0 Å². The summed E-state index contributed by atoms with van der Waals surface area (Å²) in [4.78, 5) is 0. The summed E-state index contributed by atoms with van der Waals surface area (Å²) in [6.07, 6.45) is 8.63. The molecule has 0 saturated heterocycles. The average molecular weight is 197 g/mol. The molecule has 2 atom stereocenters. The SMILES string of the molecule is CC1(C)C(N)CC1OC1CCCCC1. The Bertz CT molecular complexity index is 196. The van der Waals surface area contributed by atoms with Crippen molar-refractivity contribution in [2.75, 3.05) is 0 Å². The normalized spacial score (nSPS) is 37.9. The van der Waals surface area contributed by atoms with Crippen LogP contribution in [0.2, 0.25) is 0 Å². The maximum Gasteiger partial charge on any atom is 0.0659 e. The van der Waals surface area contributed by atoms with Gasteiger partial charge in [-0.2, -0.15) is 0 Å². The Hall–Kier alpha value is -0.0800. The Morgan fingerprint density at radius 3 is 2.29 bits per heavy atom. The van der Waals surface area contributed by atoms with Gasteiger partial charge in [0.1, 0.15) is 0 Å². The van der Waals surface area contributed by atoms with Crippen LogP contribution in [-0.2, 0) is 4.74 Å². The van der Waals surface area contributed by atoms with Crippen molar-refractivity contribution in [3.63, 3.8) is 0 Å². The van der Waals surface area contributed by atoms with Gasteiger partial charge in [0.25, 0.3) is 0 Å². The number of ether oxygens (including phenoxy) is 1. The third-order valence-electron chi connectivity index (χ3n) is 4.16. The lowest BCUT2D eigenvalue weighted by molar-refractivity contribution is -0.146. The highest BCUT2D eigenvalue weighted by molar-refractivity contribution is 5.01. The molecule has 0 aromatic carbocycles. The second kappa shape index (κ2) is 3.82. The number of hydrogen-bond acceptors (Lipinski definition) is 2. The molecule has 0 aromatic rings. The van der Waals surface area contributed by atoms with Crippen molar-refractivity contribution in [2.24, 2.45) is 11.1 Å². The summed E-state index contributed by atoms with van der Waals surface area (Å²) < 4.78 is 6.13. The smallest absolute Gasteiger partial charge is 0.0659 e. The van der Waals surface area contributed by atoms with E-state index in [9.17, 15) is 0 Å². The van der Waals surface area contributed by atoms with Crippen LogP contribution in [0.15, 0.2) is 0 Å². The Balaban J connectivity index is 1.80. The van der Waals surface area contributed by atoms with Crippen molar-refractivity contribution in [1.82, 2.24) is 0 Å². The van der Waals surface area contributed by atoms with Gasteiger partial charge in [0, 0.05) is 11.5 Å². The molecule has 2 aliphatic carbocycles. The Labute approximate surface area is 87.2 Å². The minimum Gasteiger partial charge on any atom is -0.374 e. The molecule has 0 spiro atoms. The molecule has 0 aromatic heterocycles. The van der Waals surface area contributed by atoms with E-state index in [4.69, 9.17) is 10.5 Å². The first kappa shape index (κ1) is 10.4. The topological polar surface area (TPSA) is 35.2 Å². The van der Waals surface area contributed by atoms with Gasteiger partial charge in [0.2, 0.25) is 0 Å². The van der Waals surface area contributed by atoms with E-state index < -0.39 is 0 Å². The van der Waals surface area contributed by atoms with Crippen LogP contribution in [0.25, 0.3) is 0 Å². The van der Waals surface area contributed by atoms with E-state index in [0.29, 0.717) is 18.2 Å². The highest BCUT2D eigenvalue weighted by atomic mass is 16.5. The van der Waals surface area contributed by atoms with E-state index in [-0.39, 0.29) is 5.41 Å². The Morgan fingerprint density at radius 2 is 1.79 bits per heavy atom. The van der Waals surface area contributed by atoms with Crippen molar-refractivity contribution in [2.45, 2.75) is 70.6 Å². The van der Waals surface area contributed by atoms with Crippen LogP contribution in [0.4, 0.5) is 0 Å². The van der Waals surface area contributed by atoms with Crippen LogP contribution >= 0.6 is 0 Å². The van der Waals surface area contributed by atoms with Gasteiger partial charge in [-0.25, -0.2) is 0 Å². The quantitative estimate of drug-likeness (QED) is 0.738. The zero-order chi connectivity index (χ0) is 10.2. The molecule has 0 bridgehead atoms. The summed E-state index contributed by atoms with van der Waals surface area (Å²) in [7, 11) is 0. The van der Waals surface area contributed by atoms with Crippen LogP contribution in [-0.4, -0.2) is 18.2 Å². The highest BCUT2D eigenvalue weighted by Gasteiger charge is 2.47. The second-order valence-corrected chi connectivity index (χ2v) is 5.55. The van der Waals surface area contributed by atoms with Gasteiger partial charge in [-0.15, -0.1) is 0 Å². The lowest BCUT2D eigenvalue weighted by Gasteiger charge is -2.51. The lowest BCUT2D eigenvalue weighted by Crippen LogP contribution is -2.59. The molecule has 14 heavy (non-hydrogen) atoms. The minimum atomic E-state index is 0.206. The predicted molar refractivity (Wildman–Crippen MR) is 58.1 cm³/mol. The molecular formula is C12H23NO.